The monoisotopic (exact) mass is 623 g/mol. The highest BCUT2D eigenvalue weighted by Gasteiger charge is 2.31. The molecule has 3 N–H and O–H groups in total. The molecular weight excluding hydrogens is 592 g/mol. The first-order chi connectivity index (χ1) is 21.2. The number of carbonyl (C=O) groups excluding carboxylic acids is 2. The summed E-state index contributed by atoms with van der Waals surface area (Å²) in [5, 5.41) is 11.9. The van der Waals surface area contributed by atoms with Crippen LogP contribution in [-0.4, -0.2) is 50.0 Å². The van der Waals surface area contributed by atoms with Crippen molar-refractivity contribution in [3.05, 3.63) is 126 Å². The number of nitrogens with one attached hydrogen (secondary N) is 2. The van der Waals surface area contributed by atoms with Gasteiger partial charge in [0.2, 0.25) is 5.91 Å². The molecule has 4 rings (SSSR count). The number of aliphatic hydroxyl groups is 1. The number of ether oxygens (including phenoxy) is 1. The minimum atomic E-state index is -3.98. The van der Waals surface area contributed by atoms with Crippen LogP contribution in [0.4, 0.5) is 14.5 Å². The lowest BCUT2D eigenvalue weighted by atomic mass is 10.0. The molecule has 0 aliphatic rings. The number of rotatable bonds is 14. The SMILES string of the molecule is O=C(NCCCO)[C@@H](c1ccccc1)N(Cc1ccc(F)cc1)C(=O)COc1ccc(S(=O)(=O)Nc2ccc(F)cc2)cc1. The van der Waals surface area contributed by atoms with Crippen molar-refractivity contribution in [3.63, 3.8) is 0 Å². The van der Waals surface area contributed by atoms with Crippen LogP contribution < -0.4 is 14.8 Å². The van der Waals surface area contributed by atoms with Crippen molar-refractivity contribution in [1.29, 1.82) is 0 Å². The topological polar surface area (TPSA) is 125 Å². The second-order valence-electron chi connectivity index (χ2n) is 9.70. The van der Waals surface area contributed by atoms with E-state index >= 15 is 0 Å². The molecule has 1 atom stereocenters. The molecule has 0 fully saturated rings. The third-order valence-corrected chi connectivity index (χ3v) is 7.89. The summed E-state index contributed by atoms with van der Waals surface area (Å²) in [5.74, 6) is -1.78. The van der Waals surface area contributed by atoms with Crippen molar-refractivity contribution < 1.29 is 36.6 Å². The number of amides is 2. The van der Waals surface area contributed by atoms with Gasteiger partial charge in [-0.25, -0.2) is 17.2 Å². The summed E-state index contributed by atoms with van der Waals surface area (Å²) in [5.41, 5.74) is 1.30. The quantitative estimate of drug-likeness (QED) is 0.179. The van der Waals surface area contributed by atoms with Crippen LogP contribution in [0.25, 0.3) is 0 Å². The highest BCUT2D eigenvalue weighted by molar-refractivity contribution is 7.92. The Balaban J connectivity index is 1.53. The van der Waals surface area contributed by atoms with Gasteiger partial charge in [-0.15, -0.1) is 0 Å². The number of anilines is 1. The molecule has 0 radical (unpaired) electrons. The van der Waals surface area contributed by atoms with Gasteiger partial charge in [0, 0.05) is 25.4 Å². The first-order valence-corrected chi connectivity index (χ1v) is 15.1. The highest BCUT2D eigenvalue weighted by Crippen LogP contribution is 2.25. The fourth-order valence-electron chi connectivity index (χ4n) is 4.28. The molecule has 2 amide bonds. The van der Waals surface area contributed by atoms with E-state index < -0.39 is 46.1 Å². The molecule has 0 aliphatic heterocycles. The first kappa shape index (κ1) is 32.1. The Morgan fingerprint density at radius 1 is 0.841 bits per heavy atom. The van der Waals surface area contributed by atoms with Gasteiger partial charge in [-0.3, -0.25) is 14.3 Å². The van der Waals surface area contributed by atoms with Crippen LogP contribution in [0.3, 0.4) is 0 Å². The molecule has 230 valence electrons. The summed E-state index contributed by atoms with van der Waals surface area (Å²) in [7, 11) is -3.98. The van der Waals surface area contributed by atoms with E-state index in [9.17, 15) is 26.8 Å². The Morgan fingerprint density at radius 2 is 1.45 bits per heavy atom. The van der Waals surface area contributed by atoms with Crippen LogP contribution in [0.2, 0.25) is 0 Å². The van der Waals surface area contributed by atoms with Crippen LogP contribution in [0, 0.1) is 11.6 Å². The average molecular weight is 624 g/mol. The van der Waals surface area contributed by atoms with E-state index in [0.717, 1.165) is 12.1 Å². The maximum absolute atomic E-state index is 13.7. The summed E-state index contributed by atoms with van der Waals surface area (Å²) >= 11 is 0. The first-order valence-electron chi connectivity index (χ1n) is 13.6. The van der Waals surface area contributed by atoms with Crippen molar-refractivity contribution >= 4 is 27.5 Å². The molecule has 12 heteroatoms. The van der Waals surface area contributed by atoms with E-state index in [1.807, 2.05) is 0 Å². The molecule has 0 aliphatic carbocycles. The number of benzene rings is 4. The van der Waals surface area contributed by atoms with Crippen molar-refractivity contribution in [3.8, 4) is 5.75 Å². The Labute approximate surface area is 254 Å². The lowest BCUT2D eigenvalue weighted by Crippen LogP contribution is -2.45. The molecule has 0 saturated carbocycles. The smallest absolute Gasteiger partial charge is 0.261 e. The highest BCUT2D eigenvalue weighted by atomic mass is 32.2. The maximum Gasteiger partial charge on any atom is 0.261 e. The van der Waals surface area contributed by atoms with E-state index in [1.54, 1.807) is 30.3 Å². The minimum Gasteiger partial charge on any atom is -0.484 e. The van der Waals surface area contributed by atoms with Gasteiger partial charge in [0.1, 0.15) is 23.4 Å². The van der Waals surface area contributed by atoms with Gasteiger partial charge < -0.3 is 20.1 Å². The van der Waals surface area contributed by atoms with Crippen LogP contribution in [-0.2, 0) is 26.2 Å². The van der Waals surface area contributed by atoms with Gasteiger partial charge in [-0.1, -0.05) is 42.5 Å². The molecule has 0 heterocycles. The van der Waals surface area contributed by atoms with Crippen molar-refractivity contribution in [2.45, 2.75) is 23.9 Å². The van der Waals surface area contributed by atoms with Gasteiger partial charge in [-0.05, 0) is 78.2 Å². The predicted octanol–water partition coefficient (Wildman–Crippen LogP) is 4.41. The second-order valence-corrected chi connectivity index (χ2v) is 11.4. The number of aliphatic hydroxyl groups excluding tert-OH is 1. The van der Waals surface area contributed by atoms with E-state index in [2.05, 4.69) is 10.0 Å². The summed E-state index contributed by atoms with van der Waals surface area (Å²) in [6, 6.07) is 23.4. The van der Waals surface area contributed by atoms with Gasteiger partial charge in [-0.2, -0.15) is 0 Å². The van der Waals surface area contributed by atoms with Crippen LogP contribution in [0.15, 0.2) is 108 Å². The summed E-state index contributed by atoms with van der Waals surface area (Å²) in [6.45, 7) is -0.459. The number of carbonyl (C=O) groups is 2. The van der Waals surface area contributed by atoms with Crippen LogP contribution >= 0.6 is 0 Å². The van der Waals surface area contributed by atoms with Gasteiger partial charge in [0.25, 0.3) is 15.9 Å². The third-order valence-electron chi connectivity index (χ3n) is 6.49. The van der Waals surface area contributed by atoms with Crippen LogP contribution in [0.5, 0.6) is 5.75 Å². The van der Waals surface area contributed by atoms with E-state index in [4.69, 9.17) is 9.84 Å². The average Bonchev–Trinajstić information content (AvgIpc) is 3.02. The zero-order valence-corrected chi connectivity index (χ0v) is 24.3. The Bertz CT molecular complexity index is 1640. The number of sulfonamides is 1. The number of halogens is 2. The van der Waals surface area contributed by atoms with E-state index in [0.29, 0.717) is 17.5 Å². The van der Waals surface area contributed by atoms with Crippen LogP contribution in [0.1, 0.15) is 23.6 Å². The summed E-state index contributed by atoms with van der Waals surface area (Å²) in [4.78, 5) is 28.3. The lowest BCUT2D eigenvalue weighted by Gasteiger charge is -2.31. The lowest BCUT2D eigenvalue weighted by molar-refractivity contribution is -0.143. The standard InChI is InChI=1S/C32H31F2N3O6S/c33-25-9-7-23(8-10-25)21-37(31(24-5-2-1-3-6-24)32(40)35-19-4-20-38)30(39)22-43-28-15-17-29(18-16-28)44(41,42)36-27-13-11-26(34)12-14-27/h1-3,5-18,31,36,38H,4,19-22H2,(H,35,40)/t31-/m1/s1. The molecular formula is C32H31F2N3O6S. The largest absolute Gasteiger partial charge is 0.484 e. The maximum atomic E-state index is 13.7. The molecule has 0 aromatic heterocycles. The van der Waals surface area contributed by atoms with E-state index in [-0.39, 0.29) is 36.0 Å². The molecule has 0 unspecified atom stereocenters. The second kappa shape index (κ2) is 15.1. The Hall–Kier alpha value is -4.81. The van der Waals surface area contributed by atoms with Crippen molar-refractivity contribution in [1.82, 2.24) is 10.2 Å². The summed E-state index contributed by atoms with van der Waals surface area (Å²) in [6.07, 6.45) is 0.327. The Morgan fingerprint density at radius 3 is 2.07 bits per heavy atom. The minimum absolute atomic E-state index is 0.0400. The van der Waals surface area contributed by atoms with Crippen molar-refractivity contribution in [2.75, 3.05) is 24.5 Å². The number of hydrogen-bond acceptors (Lipinski definition) is 6. The third kappa shape index (κ3) is 8.85. The molecule has 0 bridgehead atoms. The molecule has 0 spiro atoms. The predicted molar refractivity (Wildman–Crippen MR) is 160 cm³/mol. The van der Waals surface area contributed by atoms with Crippen molar-refractivity contribution in [2.24, 2.45) is 0 Å². The molecule has 4 aromatic carbocycles. The molecule has 9 nitrogen and oxygen atoms in total. The fourth-order valence-corrected chi connectivity index (χ4v) is 5.34. The molecule has 44 heavy (non-hydrogen) atoms. The van der Waals surface area contributed by atoms with Gasteiger partial charge in [0.05, 0.1) is 4.90 Å². The normalized spacial score (nSPS) is 11.8. The summed E-state index contributed by atoms with van der Waals surface area (Å²) < 4.78 is 60.3. The zero-order valence-electron chi connectivity index (χ0n) is 23.5. The number of nitrogens with zero attached hydrogens (tertiary/aromatic N) is 1. The number of hydrogen-bond donors (Lipinski definition) is 3. The molecule has 0 saturated heterocycles. The fraction of sp³-hybridized carbons (Fsp3) is 0.188. The van der Waals surface area contributed by atoms with Gasteiger partial charge >= 0.3 is 0 Å². The van der Waals surface area contributed by atoms with Gasteiger partial charge in [0.15, 0.2) is 6.61 Å². The van der Waals surface area contributed by atoms with E-state index in [1.165, 1.54) is 65.6 Å². The molecule has 4 aromatic rings. The Kier molecular flexibility index (Phi) is 11.0. The zero-order chi connectivity index (χ0) is 31.5.